The molecule has 0 amide bonds. The Balaban J connectivity index is 1.83. The Kier molecular flexibility index (Phi) is 4.07. The smallest absolute Gasteiger partial charge is 0.00954 e. The van der Waals surface area contributed by atoms with Crippen LogP contribution in [-0.4, -0.2) is 12.6 Å². The van der Waals surface area contributed by atoms with E-state index in [1.165, 1.54) is 51.5 Å². The van der Waals surface area contributed by atoms with Gasteiger partial charge in [0.1, 0.15) is 0 Å². The highest BCUT2D eigenvalue weighted by Gasteiger charge is 2.28. The van der Waals surface area contributed by atoms with Crippen molar-refractivity contribution < 1.29 is 0 Å². The van der Waals surface area contributed by atoms with Gasteiger partial charge in [-0.3, -0.25) is 0 Å². The fourth-order valence-electron chi connectivity index (χ4n) is 3.50. The number of hydrogen-bond acceptors (Lipinski definition) is 1. The van der Waals surface area contributed by atoms with Gasteiger partial charge in [0.25, 0.3) is 0 Å². The molecular formula is C14H27N. The van der Waals surface area contributed by atoms with Gasteiger partial charge in [-0.25, -0.2) is 0 Å². The summed E-state index contributed by atoms with van der Waals surface area (Å²) in [5.74, 6) is 2.90. The third-order valence-electron chi connectivity index (χ3n) is 4.78. The molecule has 4 atom stereocenters. The summed E-state index contributed by atoms with van der Waals surface area (Å²) < 4.78 is 0. The Hall–Kier alpha value is -0.0400. The Morgan fingerprint density at radius 3 is 2.40 bits per heavy atom. The van der Waals surface area contributed by atoms with Crippen molar-refractivity contribution >= 4 is 0 Å². The van der Waals surface area contributed by atoms with Crippen molar-refractivity contribution in [1.82, 2.24) is 5.32 Å². The van der Waals surface area contributed by atoms with Crippen LogP contribution in [0.4, 0.5) is 0 Å². The van der Waals surface area contributed by atoms with Crippen molar-refractivity contribution in [2.45, 2.75) is 64.8 Å². The first kappa shape index (κ1) is 11.4. The van der Waals surface area contributed by atoms with E-state index in [4.69, 9.17) is 0 Å². The lowest BCUT2D eigenvalue weighted by Gasteiger charge is -2.36. The van der Waals surface area contributed by atoms with Crippen LogP contribution in [0.2, 0.25) is 0 Å². The Morgan fingerprint density at radius 2 is 1.67 bits per heavy atom. The van der Waals surface area contributed by atoms with E-state index in [0.717, 1.165) is 23.8 Å². The predicted octanol–water partition coefficient (Wildman–Crippen LogP) is 3.59. The van der Waals surface area contributed by atoms with Crippen LogP contribution in [0, 0.1) is 17.8 Å². The quantitative estimate of drug-likeness (QED) is 0.733. The van der Waals surface area contributed by atoms with Crippen LogP contribution in [0.25, 0.3) is 0 Å². The van der Waals surface area contributed by atoms with Gasteiger partial charge in [-0.15, -0.1) is 0 Å². The molecule has 1 aliphatic carbocycles. The average molecular weight is 209 g/mol. The summed E-state index contributed by atoms with van der Waals surface area (Å²) in [6, 6.07) is 0.823. The van der Waals surface area contributed by atoms with Gasteiger partial charge in [0, 0.05) is 6.04 Å². The highest BCUT2D eigenvalue weighted by Crippen LogP contribution is 2.34. The van der Waals surface area contributed by atoms with Crippen molar-refractivity contribution in [3.63, 3.8) is 0 Å². The van der Waals surface area contributed by atoms with E-state index < -0.39 is 0 Å². The monoisotopic (exact) mass is 209 g/mol. The molecule has 15 heavy (non-hydrogen) atoms. The maximum absolute atomic E-state index is 3.74. The molecular weight excluding hydrogens is 182 g/mol. The summed E-state index contributed by atoms with van der Waals surface area (Å²) in [4.78, 5) is 0. The van der Waals surface area contributed by atoms with Crippen molar-refractivity contribution in [1.29, 1.82) is 0 Å². The zero-order valence-electron chi connectivity index (χ0n) is 10.5. The Labute approximate surface area is 95.0 Å². The third kappa shape index (κ3) is 2.96. The van der Waals surface area contributed by atoms with Crippen molar-refractivity contribution in [3.05, 3.63) is 0 Å². The summed E-state index contributed by atoms with van der Waals surface area (Å²) in [7, 11) is 0. The van der Waals surface area contributed by atoms with E-state index in [2.05, 4.69) is 19.2 Å². The second-order valence-electron chi connectivity index (χ2n) is 5.94. The first-order valence-corrected chi connectivity index (χ1v) is 7.00. The van der Waals surface area contributed by atoms with Gasteiger partial charge >= 0.3 is 0 Å². The van der Waals surface area contributed by atoms with Gasteiger partial charge in [0.05, 0.1) is 0 Å². The summed E-state index contributed by atoms with van der Waals surface area (Å²) in [5.41, 5.74) is 0. The largest absolute Gasteiger partial charge is 0.314 e. The van der Waals surface area contributed by atoms with Crippen LogP contribution in [-0.2, 0) is 0 Å². The van der Waals surface area contributed by atoms with Crippen LogP contribution in [0.5, 0.6) is 0 Å². The second-order valence-corrected chi connectivity index (χ2v) is 5.94. The van der Waals surface area contributed by atoms with E-state index in [0.29, 0.717) is 0 Å². The topological polar surface area (TPSA) is 12.0 Å². The molecule has 0 aromatic carbocycles. The first-order chi connectivity index (χ1) is 7.27. The normalized spacial score (nSPS) is 42.8. The second kappa shape index (κ2) is 5.34. The minimum atomic E-state index is 0.823. The molecule has 1 saturated heterocycles. The zero-order valence-corrected chi connectivity index (χ0v) is 10.5. The Morgan fingerprint density at radius 1 is 0.933 bits per heavy atom. The predicted molar refractivity (Wildman–Crippen MR) is 65.9 cm³/mol. The molecule has 0 bridgehead atoms. The lowest BCUT2D eigenvalue weighted by molar-refractivity contribution is 0.181. The molecule has 1 heterocycles. The summed E-state index contributed by atoms with van der Waals surface area (Å²) in [6.07, 6.45) is 10.2. The minimum Gasteiger partial charge on any atom is -0.314 e. The van der Waals surface area contributed by atoms with Gasteiger partial charge in [-0.2, -0.15) is 0 Å². The van der Waals surface area contributed by atoms with Gasteiger partial charge in [-0.05, 0) is 43.6 Å². The molecule has 1 N–H and O–H groups in total. The fraction of sp³-hybridized carbons (Fsp3) is 1.00. The molecule has 2 fully saturated rings. The van der Waals surface area contributed by atoms with E-state index in [9.17, 15) is 0 Å². The molecule has 0 spiro atoms. The summed E-state index contributed by atoms with van der Waals surface area (Å²) in [5, 5.41) is 3.74. The van der Waals surface area contributed by atoms with Crippen molar-refractivity contribution in [3.8, 4) is 0 Å². The molecule has 0 aromatic rings. The molecule has 1 aliphatic heterocycles. The molecule has 1 heteroatoms. The summed E-state index contributed by atoms with van der Waals surface area (Å²) in [6.45, 7) is 6.16. The standard InChI is InChI=1S/C14H27N/c1-11-6-3-4-8-13(11)10-14-12(2)7-5-9-15-14/h11-15H,3-10H2,1-2H3. The van der Waals surface area contributed by atoms with Crippen LogP contribution >= 0.6 is 0 Å². The number of rotatable bonds is 2. The first-order valence-electron chi connectivity index (χ1n) is 7.00. The van der Waals surface area contributed by atoms with E-state index >= 15 is 0 Å². The highest BCUT2D eigenvalue weighted by atomic mass is 14.9. The van der Waals surface area contributed by atoms with Crippen LogP contribution in [0.15, 0.2) is 0 Å². The number of piperidine rings is 1. The fourth-order valence-corrected chi connectivity index (χ4v) is 3.50. The Bertz CT molecular complexity index is 170. The molecule has 1 nitrogen and oxygen atoms in total. The number of nitrogens with one attached hydrogen (secondary N) is 1. The SMILES string of the molecule is CC1CCCCC1CC1NCCCC1C. The van der Waals surface area contributed by atoms with E-state index in [1.807, 2.05) is 0 Å². The van der Waals surface area contributed by atoms with Crippen molar-refractivity contribution in [2.75, 3.05) is 6.54 Å². The van der Waals surface area contributed by atoms with Crippen LogP contribution in [0.3, 0.4) is 0 Å². The summed E-state index contributed by atoms with van der Waals surface area (Å²) >= 11 is 0. The van der Waals surface area contributed by atoms with Gasteiger partial charge < -0.3 is 5.32 Å². The zero-order chi connectivity index (χ0) is 10.7. The minimum absolute atomic E-state index is 0.823. The lowest BCUT2D eigenvalue weighted by atomic mass is 9.74. The van der Waals surface area contributed by atoms with Gasteiger partial charge in [0.15, 0.2) is 0 Å². The van der Waals surface area contributed by atoms with E-state index in [1.54, 1.807) is 0 Å². The molecule has 2 rings (SSSR count). The van der Waals surface area contributed by atoms with Crippen molar-refractivity contribution in [2.24, 2.45) is 17.8 Å². The molecule has 88 valence electrons. The lowest BCUT2D eigenvalue weighted by Crippen LogP contribution is -2.42. The maximum Gasteiger partial charge on any atom is 0.00954 e. The van der Waals surface area contributed by atoms with Crippen LogP contribution < -0.4 is 5.32 Å². The van der Waals surface area contributed by atoms with E-state index in [-0.39, 0.29) is 0 Å². The van der Waals surface area contributed by atoms with Crippen LogP contribution in [0.1, 0.15) is 58.8 Å². The maximum atomic E-state index is 3.74. The third-order valence-corrected chi connectivity index (χ3v) is 4.78. The van der Waals surface area contributed by atoms with Gasteiger partial charge in [0.2, 0.25) is 0 Å². The van der Waals surface area contributed by atoms with Gasteiger partial charge in [-0.1, -0.05) is 39.5 Å². The molecule has 0 aromatic heterocycles. The molecule has 4 unspecified atom stereocenters. The molecule has 2 aliphatic rings. The molecule has 1 saturated carbocycles. The highest BCUT2D eigenvalue weighted by molar-refractivity contribution is 4.83. The molecule has 0 radical (unpaired) electrons. The number of hydrogen-bond donors (Lipinski definition) is 1. The average Bonchev–Trinajstić information content (AvgIpc) is 2.24.